The molecule has 0 amide bonds. The molecule has 2 aromatic heterocycles. The van der Waals surface area contributed by atoms with Crippen LogP contribution in [-0.4, -0.2) is 14.5 Å². The van der Waals surface area contributed by atoms with Crippen molar-refractivity contribution in [2.75, 3.05) is 0 Å². The summed E-state index contributed by atoms with van der Waals surface area (Å²) in [4.78, 5) is 8.76. The summed E-state index contributed by atoms with van der Waals surface area (Å²) >= 11 is 0. The molecule has 1 aromatic carbocycles. The van der Waals surface area contributed by atoms with Crippen LogP contribution in [0.2, 0.25) is 0 Å². The minimum Gasteiger partial charge on any atom is -0.311 e. The zero-order valence-corrected chi connectivity index (χ0v) is 10.5. The van der Waals surface area contributed by atoms with Gasteiger partial charge in [-0.3, -0.25) is 0 Å². The van der Waals surface area contributed by atoms with Crippen LogP contribution in [0.25, 0.3) is 11.2 Å². The molecule has 4 heteroatoms. The van der Waals surface area contributed by atoms with Crippen molar-refractivity contribution >= 4 is 11.2 Å². The molecule has 2 heterocycles. The normalized spacial score (nSPS) is 10.5. The average molecular weight is 248 g/mol. The third kappa shape index (κ3) is 2.06. The van der Waals surface area contributed by atoms with Gasteiger partial charge in [-0.2, -0.15) is 5.26 Å². The van der Waals surface area contributed by atoms with E-state index in [0.717, 1.165) is 22.3 Å². The predicted molar refractivity (Wildman–Crippen MR) is 72.5 cm³/mol. The molecule has 0 aliphatic rings. The molecule has 0 spiro atoms. The van der Waals surface area contributed by atoms with E-state index in [1.54, 1.807) is 6.33 Å². The lowest BCUT2D eigenvalue weighted by molar-refractivity contribution is 0.812. The molecule has 0 aliphatic carbocycles. The Kier molecular flexibility index (Phi) is 2.73. The van der Waals surface area contributed by atoms with Crippen LogP contribution in [0.4, 0.5) is 0 Å². The number of pyridine rings is 1. The van der Waals surface area contributed by atoms with Crippen LogP contribution in [0, 0.1) is 18.3 Å². The van der Waals surface area contributed by atoms with E-state index in [1.165, 1.54) is 0 Å². The third-order valence-electron chi connectivity index (χ3n) is 3.07. The SMILES string of the molecule is Cc1cnc2c(c1)ncn2Cc1ccccc1C#N. The number of hydrogen-bond donors (Lipinski definition) is 0. The lowest BCUT2D eigenvalue weighted by Crippen LogP contribution is -2.01. The van der Waals surface area contributed by atoms with E-state index in [2.05, 4.69) is 16.0 Å². The average Bonchev–Trinajstić information content (AvgIpc) is 2.82. The maximum atomic E-state index is 9.11. The quantitative estimate of drug-likeness (QED) is 0.700. The zero-order valence-electron chi connectivity index (χ0n) is 10.5. The Morgan fingerprint density at radius 3 is 2.95 bits per heavy atom. The van der Waals surface area contributed by atoms with Gasteiger partial charge in [-0.25, -0.2) is 9.97 Å². The number of aromatic nitrogens is 3. The molecule has 0 unspecified atom stereocenters. The van der Waals surface area contributed by atoms with Gasteiger partial charge in [-0.1, -0.05) is 18.2 Å². The summed E-state index contributed by atoms with van der Waals surface area (Å²) < 4.78 is 1.96. The predicted octanol–water partition coefficient (Wildman–Crippen LogP) is 2.66. The van der Waals surface area contributed by atoms with E-state index in [-0.39, 0.29) is 0 Å². The summed E-state index contributed by atoms with van der Waals surface area (Å²) in [6.45, 7) is 2.60. The minimum absolute atomic E-state index is 0.607. The molecule has 19 heavy (non-hydrogen) atoms. The van der Waals surface area contributed by atoms with E-state index in [1.807, 2.05) is 48.0 Å². The van der Waals surface area contributed by atoms with Crippen molar-refractivity contribution in [1.29, 1.82) is 5.26 Å². The van der Waals surface area contributed by atoms with Crippen molar-refractivity contribution in [2.24, 2.45) is 0 Å². The van der Waals surface area contributed by atoms with Crippen LogP contribution in [0.15, 0.2) is 42.9 Å². The maximum Gasteiger partial charge on any atom is 0.160 e. The second-order valence-corrected chi connectivity index (χ2v) is 4.50. The number of nitriles is 1. The smallest absolute Gasteiger partial charge is 0.160 e. The first-order valence-electron chi connectivity index (χ1n) is 6.03. The molecule has 3 aromatic rings. The first kappa shape index (κ1) is 11.4. The van der Waals surface area contributed by atoms with E-state index < -0.39 is 0 Å². The van der Waals surface area contributed by atoms with Crippen LogP contribution >= 0.6 is 0 Å². The Morgan fingerprint density at radius 2 is 2.11 bits per heavy atom. The van der Waals surface area contributed by atoms with Crippen molar-refractivity contribution in [3.05, 3.63) is 59.5 Å². The van der Waals surface area contributed by atoms with Crippen molar-refractivity contribution in [2.45, 2.75) is 13.5 Å². The monoisotopic (exact) mass is 248 g/mol. The Bertz CT molecular complexity index is 780. The van der Waals surface area contributed by atoms with Gasteiger partial charge in [0.1, 0.15) is 5.52 Å². The van der Waals surface area contributed by atoms with Gasteiger partial charge >= 0.3 is 0 Å². The van der Waals surface area contributed by atoms with Crippen LogP contribution in [0.1, 0.15) is 16.7 Å². The molecule has 0 saturated heterocycles. The first-order chi connectivity index (χ1) is 9.28. The Balaban J connectivity index is 2.04. The second-order valence-electron chi connectivity index (χ2n) is 4.50. The zero-order chi connectivity index (χ0) is 13.2. The van der Waals surface area contributed by atoms with Gasteiger partial charge in [-0.05, 0) is 30.2 Å². The molecular formula is C15H12N4. The number of rotatable bonds is 2. The summed E-state index contributed by atoms with van der Waals surface area (Å²) in [5.74, 6) is 0. The van der Waals surface area contributed by atoms with Gasteiger partial charge in [0.2, 0.25) is 0 Å². The first-order valence-corrected chi connectivity index (χ1v) is 6.03. The summed E-state index contributed by atoms with van der Waals surface area (Å²) in [5.41, 5.74) is 4.49. The number of fused-ring (bicyclic) bond motifs is 1. The maximum absolute atomic E-state index is 9.11. The van der Waals surface area contributed by atoms with Gasteiger partial charge in [0, 0.05) is 6.20 Å². The van der Waals surface area contributed by atoms with Gasteiger partial charge in [-0.15, -0.1) is 0 Å². The minimum atomic E-state index is 0.607. The van der Waals surface area contributed by atoms with Gasteiger partial charge in [0.25, 0.3) is 0 Å². The summed E-state index contributed by atoms with van der Waals surface area (Å²) in [7, 11) is 0. The molecule has 92 valence electrons. The van der Waals surface area contributed by atoms with E-state index in [0.29, 0.717) is 12.1 Å². The molecule has 0 N–H and O–H groups in total. The number of imidazole rings is 1. The highest BCUT2D eigenvalue weighted by Crippen LogP contribution is 2.15. The highest BCUT2D eigenvalue weighted by Gasteiger charge is 2.07. The number of nitrogens with zero attached hydrogens (tertiary/aromatic N) is 4. The lowest BCUT2D eigenvalue weighted by atomic mass is 10.1. The van der Waals surface area contributed by atoms with Gasteiger partial charge in [0.15, 0.2) is 5.65 Å². The molecule has 0 saturated carbocycles. The lowest BCUT2D eigenvalue weighted by Gasteiger charge is -2.05. The molecule has 0 atom stereocenters. The fourth-order valence-corrected chi connectivity index (χ4v) is 2.12. The van der Waals surface area contributed by atoms with E-state index >= 15 is 0 Å². The van der Waals surface area contributed by atoms with Gasteiger partial charge in [0.05, 0.1) is 24.5 Å². The number of aryl methyl sites for hydroxylation is 1. The summed E-state index contributed by atoms with van der Waals surface area (Å²) in [6, 6.07) is 11.8. The molecule has 0 aliphatic heterocycles. The van der Waals surface area contributed by atoms with Gasteiger partial charge < -0.3 is 4.57 Å². The molecule has 0 radical (unpaired) electrons. The van der Waals surface area contributed by atoms with Crippen LogP contribution in [0.3, 0.4) is 0 Å². The second kappa shape index (κ2) is 4.54. The highest BCUT2D eigenvalue weighted by atomic mass is 15.1. The molecule has 0 fully saturated rings. The van der Waals surface area contributed by atoms with Crippen molar-refractivity contribution in [3.8, 4) is 6.07 Å². The number of benzene rings is 1. The number of hydrogen-bond acceptors (Lipinski definition) is 3. The standard InChI is InChI=1S/C15H12N4/c1-11-6-14-15(17-8-11)19(10-18-14)9-13-5-3-2-4-12(13)7-16/h2-6,8,10H,9H2,1H3. The molecular weight excluding hydrogens is 236 g/mol. The molecule has 3 rings (SSSR count). The summed E-state index contributed by atoms with van der Waals surface area (Å²) in [6.07, 6.45) is 3.60. The van der Waals surface area contributed by atoms with Crippen LogP contribution in [-0.2, 0) is 6.54 Å². The Hall–Kier alpha value is -2.67. The molecule has 4 nitrogen and oxygen atoms in total. The topological polar surface area (TPSA) is 54.5 Å². The molecule has 0 bridgehead atoms. The van der Waals surface area contributed by atoms with E-state index in [4.69, 9.17) is 5.26 Å². The van der Waals surface area contributed by atoms with Crippen molar-refractivity contribution in [3.63, 3.8) is 0 Å². The Labute approximate surface area is 111 Å². The summed E-state index contributed by atoms with van der Waals surface area (Å²) in [5, 5.41) is 9.11. The fraction of sp³-hybridized carbons (Fsp3) is 0.133. The van der Waals surface area contributed by atoms with Crippen LogP contribution in [0.5, 0.6) is 0 Å². The van der Waals surface area contributed by atoms with Crippen molar-refractivity contribution in [1.82, 2.24) is 14.5 Å². The van der Waals surface area contributed by atoms with Crippen LogP contribution < -0.4 is 0 Å². The third-order valence-corrected chi connectivity index (χ3v) is 3.07. The fourth-order valence-electron chi connectivity index (χ4n) is 2.12. The largest absolute Gasteiger partial charge is 0.311 e. The van der Waals surface area contributed by atoms with Crippen molar-refractivity contribution < 1.29 is 0 Å². The van der Waals surface area contributed by atoms with E-state index in [9.17, 15) is 0 Å². The Morgan fingerprint density at radius 1 is 1.26 bits per heavy atom. The highest BCUT2D eigenvalue weighted by molar-refractivity contribution is 5.71.